The number of aromatic nitrogens is 1. The van der Waals surface area contributed by atoms with Gasteiger partial charge in [-0.1, -0.05) is 18.2 Å². The van der Waals surface area contributed by atoms with Gasteiger partial charge in [-0.05, 0) is 12.1 Å². The summed E-state index contributed by atoms with van der Waals surface area (Å²) in [5, 5.41) is 3.23. The number of fused-ring (bicyclic) bond motifs is 1. The van der Waals surface area contributed by atoms with Gasteiger partial charge < -0.3 is 5.32 Å². The second-order valence-electron chi connectivity index (χ2n) is 4.58. The van der Waals surface area contributed by atoms with Gasteiger partial charge in [-0.2, -0.15) is 0 Å². The molecule has 2 rings (SSSR count). The van der Waals surface area contributed by atoms with Crippen molar-refractivity contribution in [2.75, 3.05) is 20.6 Å². The predicted molar refractivity (Wildman–Crippen MR) is 80.2 cm³/mol. The molecule has 0 fully saturated rings. The number of para-hydroxylation sites is 1. The first-order valence-corrected chi connectivity index (χ1v) is 7.91. The van der Waals surface area contributed by atoms with Crippen LogP contribution < -0.4 is 5.32 Å². The summed E-state index contributed by atoms with van der Waals surface area (Å²) in [6.07, 6.45) is 1.68. The molecule has 0 aliphatic carbocycles. The van der Waals surface area contributed by atoms with E-state index in [-0.39, 0.29) is 23.8 Å². The Hall–Kier alpha value is -1.99. The van der Waals surface area contributed by atoms with Crippen LogP contribution in [0.5, 0.6) is 0 Å². The summed E-state index contributed by atoms with van der Waals surface area (Å²) >= 11 is 0. The van der Waals surface area contributed by atoms with E-state index in [2.05, 4.69) is 10.3 Å². The van der Waals surface area contributed by atoms with Crippen LogP contribution in [0.1, 0.15) is 6.42 Å². The van der Waals surface area contributed by atoms with Gasteiger partial charge in [0.05, 0.1) is 5.52 Å². The Balaban J connectivity index is 2.35. The van der Waals surface area contributed by atoms with Gasteiger partial charge in [0.15, 0.2) is 0 Å². The lowest BCUT2D eigenvalue weighted by Crippen LogP contribution is -2.31. The lowest BCUT2D eigenvalue weighted by molar-refractivity contribution is -0.120. The van der Waals surface area contributed by atoms with Crippen LogP contribution in [0.15, 0.2) is 41.4 Å². The largest absolute Gasteiger partial charge is 0.359 e. The Labute approximate surface area is 123 Å². The third-order valence-electron chi connectivity index (χ3n) is 3.22. The number of nitrogens with one attached hydrogen (secondary N) is 1. The second-order valence-corrected chi connectivity index (χ2v) is 6.59. The first kappa shape index (κ1) is 15.4. The maximum absolute atomic E-state index is 12.6. The number of sulfonamides is 1. The highest BCUT2D eigenvalue weighted by molar-refractivity contribution is 7.89. The average molecular weight is 307 g/mol. The lowest BCUT2D eigenvalue weighted by atomic mass is 10.2. The van der Waals surface area contributed by atoms with E-state index in [9.17, 15) is 13.2 Å². The van der Waals surface area contributed by atoms with E-state index in [0.717, 1.165) is 5.39 Å². The van der Waals surface area contributed by atoms with Crippen LogP contribution in [-0.2, 0) is 14.8 Å². The fraction of sp³-hybridized carbons (Fsp3) is 0.286. The molecular weight excluding hydrogens is 290 g/mol. The number of benzene rings is 1. The van der Waals surface area contributed by atoms with E-state index in [1.807, 2.05) is 12.1 Å². The highest BCUT2D eigenvalue weighted by Crippen LogP contribution is 2.23. The molecule has 2 aromatic rings. The molecule has 1 aromatic heterocycles. The molecule has 0 aliphatic heterocycles. The zero-order chi connectivity index (χ0) is 15.5. The summed E-state index contributed by atoms with van der Waals surface area (Å²) in [4.78, 5) is 15.6. The molecular formula is C14H17N3O3S. The normalized spacial score (nSPS) is 11.8. The molecule has 0 saturated heterocycles. The van der Waals surface area contributed by atoms with Crippen molar-refractivity contribution in [1.29, 1.82) is 0 Å². The summed E-state index contributed by atoms with van der Waals surface area (Å²) in [6.45, 7) is 0.116. The molecule has 0 saturated carbocycles. The Morgan fingerprint density at radius 2 is 2.00 bits per heavy atom. The smallest absolute Gasteiger partial charge is 0.244 e. The monoisotopic (exact) mass is 307 g/mol. The molecule has 1 aromatic carbocycles. The van der Waals surface area contributed by atoms with Crippen LogP contribution in [0, 0.1) is 0 Å². The van der Waals surface area contributed by atoms with E-state index in [4.69, 9.17) is 0 Å². The molecule has 6 nitrogen and oxygen atoms in total. The number of amides is 1. The van der Waals surface area contributed by atoms with Crippen molar-refractivity contribution in [3.63, 3.8) is 0 Å². The highest BCUT2D eigenvalue weighted by Gasteiger charge is 2.23. The molecule has 0 radical (unpaired) electrons. The maximum atomic E-state index is 12.6. The van der Waals surface area contributed by atoms with Gasteiger partial charge in [0.1, 0.15) is 4.90 Å². The Bertz CT molecular complexity index is 754. The minimum absolute atomic E-state index is 0.116. The van der Waals surface area contributed by atoms with E-state index in [1.165, 1.54) is 24.5 Å². The molecule has 1 amide bonds. The molecule has 0 spiro atoms. The molecule has 0 unspecified atom stereocenters. The topological polar surface area (TPSA) is 79.4 Å². The van der Waals surface area contributed by atoms with Gasteiger partial charge in [0.25, 0.3) is 0 Å². The molecule has 0 bridgehead atoms. The van der Waals surface area contributed by atoms with E-state index < -0.39 is 10.0 Å². The predicted octanol–water partition coefficient (Wildman–Crippen LogP) is 0.991. The molecule has 0 aliphatic rings. The maximum Gasteiger partial charge on any atom is 0.244 e. The number of hydrogen-bond donors (Lipinski definition) is 1. The molecule has 1 heterocycles. The Morgan fingerprint density at radius 3 is 2.71 bits per heavy atom. The molecule has 21 heavy (non-hydrogen) atoms. The van der Waals surface area contributed by atoms with Crippen molar-refractivity contribution in [3.8, 4) is 0 Å². The third kappa shape index (κ3) is 3.20. The van der Waals surface area contributed by atoms with E-state index in [1.54, 1.807) is 18.3 Å². The summed E-state index contributed by atoms with van der Waals surface area (Å²) in [5.74, 6) is -0.201. The average Bonchev–Trinajstić information content (AvgIpc) is 2.51. The van der Waals surface area contributed by atoms with Crippen LogP contribution in [-0.4, -0.2) is 44.3 Å². The summed E-state index contributed by atoms with van der Waals surface area (Å²) in [5.41, 5.74) is 0.437. The van der Waals surface area contributed by atoms with E-state index in [0.29, 0.717) is 5.52 Å². The Kier molecular flexibility index (Phi) is 4.54. The van der Waals surface area contributed by atoms with Crippen molar-refractivity contribution < 1.29 is 13.2 Å². The highest BCUT2D eigenvalue weighted by atomic mass is 32.2. The minimum atomic E-state index is -3.68. The lowest BCUT2D eigenvalue weighted by Gasteiger charge is -2.17. The SMILES string of the molecule is CNC(=O)CCN(C)S(=O)(=O)c1cccc2cccnc12. The number of rotatable bonds is 5. The number of carbonyl (C=O) groups excluding carboxylic acids is 1. The third-order valence-corrected chi connectivity index (χ3v) is 5.10. The van der Waals surface area contributed by atoms with Gasteiger partial charge in [-0.3, -0.25) is 9.78 Å². The Morgan fingerprint density at radius 1 is 1.29 bits per heavy atom. The second kappa shape index (κ2) is 6.19. The van der Waals surface area contributed by atoms with Crippen LogP contribution in [0.2, 0.25) is 0 Å². The van der Waals surface area contributed by atoms with Gasteiger partial charge in [0, 0.05) is 38.6 Å². The van der Waals surface area contributed by atoms with Crippen molar-refractivity contribution in [2.45, 2.75) is 11.3 Å². The molecule has 0 atom stereocenters. The first-order valence-electron chi connectivity index (χ1n) is 6.47. The van der Waals surface area contributed by atoms with Crippen LogP contribution >= 0.6 is 0 Å². The van der Waals surface area contributed by atoms with Gasteiger partial charge in [0.2, 0.25) is 15.9 Å². The molecule has 1 N–H and O–H groups in total. The molecule has 7 heteroatoms. The zero-order valence-electron chi connectivity index (χ0n) is 11.9. The molecule has 112 valence electrons. The minimum Gasteiger partial charge on any atom is -0.359 e. The fourth-order valence-electron chi connectivity index (χ4n) is 1.96. The zero-order valence-corrected chi connectivity index (χ0v) is 12.7. The van der Waals surface area contributed by atoms with Gasteiger partial charge in [-0.25, -0.2) is 12.7 Å². The quantitative estimate of drug-likeness (QED) is 0.893. The van der Waals surface area contributed by atoms with Crippen LogP contribution in [0.4, 0.5) is 0 Å². The summed E-state index contributed by atoms with van der Waals surface area (Å²) in [6, 6.07) is 8.59. The number of carbonyl (C=O) groups is 1. The van der Waals surface area contributed by atoms with Crippen LogP contribution in [0.25, 0.3) is 10.9 Å². The number of nitrogens with zero attached hydrogens (tertiary/aromatic N) is 2. The van der Waals surface area contributed by atoms with Gasteiger partial charge in [-0.15, -0.1) is 0 Å². The summed E-state index contributed by atoms with van der Waals surface area (Å²) < 4.78 is 26.4. The number of pyridine rings is 1. The van der Waals surface area contributed by atoms with Gasteiger partial charge >= 0.3 is 0 Å². The number of hydrogen-bond acceptors (Lipinski definition) is 4. The van der Waals surface area contributed by atoms with E-state index >= 15 is 0 Å². The van der Waals surface area contributed by atoms with Crippen molar-refractivity contribution in [2.24, 2.45) is 0 Å². The van der Waals surface area contributed by atoms with Crippen molar-refractivity contribution in [1.82, 2.24) is 14.6 Å². The fourth-order valence-corrected chi connectivity index (χ4v) is 3.29. The first-order chi connectivity index (χ1) is 9.96. The standard InChI is InChI=1S/C14H17N3O3S/c1-15-13(18)8-10-17(2)21(19,20)12-7-3-5-11-6-4-9-16-14(11)12/h3-7,9H,8,10H2,1-2H3,(H,15,18). The van der Waals surface area contributed by atoms with Crippen molar-refractivity contribution in [3.05, 3.63) is 36.5 Å². The summed E-state index contributed by atoms with van der Waals surface area (Å²) in [7, 11) is -0.701. The van der Waals surface area contributed by atoms with Crippen LogP contribution in [0.3, 0.4) is 0 Å². The van der Waals surface area contributed by atoms with Crippen molar-refractivity contribution >= 4 is 26.8 Å².